The molecular weight excluding hydrogens is 267 g/mol. The topological polar surface area (TPSA) is 116 Å². The van der Waals surface area contributed by atoms with Crippen molar-refractivity contribution in [3.8, 4) is 0 Å². The summed E-state index contributed by atoms with van der Waals surface area (Å²) in [6.45, 7) is 2.25. The van der Waals surface area contributed by atoms with Gasteiger partial charge in [-0.05, 0) is 6.92 Å². The minimum Gasteiger partial charge on any atom is -0.481 e. The summed E-state index contributed by atoms with van der Waals surface area (Å²) in [6, 6.07) is 0. The van der Waals surface area contributed by atoms with Crippen LogP contribution in [0.2, 0.25) is 0 Å². The van der Waals surface area contributed by atoms with Crippen molar-refractivity contribution in [3.63, 3.8) is 0 Å². The van der Waals surface area contributed by atoms with Crippen LogP contribution in [0.5, 0.6) is 0 Å². The van der Waals surface area contributed by atoms with Gasteiger partial charge >= 0.3 is 23.9 Å². The zero-order valence-electron chi connectivity index (χ0n) is 9.74. The third kappa shape index (κ3) is 6.15. The summed E-state index contributed by atoms with van der Waals surface area (Å²) in [6.07, 6.45) is -3.58. The Morgan fingerprint density at radius 2 is 1.72 bits per heavy atom. The molecule has 0 fully saturated rings. The molecule has 0 aromatic carbocycles. The normalized spacial score (nSPS) is 13.1. The van der Waals surface area contributed by atoms with E-state index < -0.39 is 42.5 Å². The first-order valence-electron chi connectivity index (χ1n) is 4.78. The van der Waals surface area contributed by atoms with E-state index in [9.17, 15) is 19.2 Å². The molecule has 0 aliphatic carbocycles. The summed E-state index contributed by atoms with van der Waals surface area (Å²) in [4.78, 5) is 43.6. The van der Waals surface area contributed by atoms with Crippen molar-refractivity contribution in [3.05, 3.63) is 0 Å². The SMILES string of the molecule is CC(=O)O[C@@H](CC(=O)O)C(=O)O[C@@H](C)C(=O)OP. The Morgan fingerprint density at radius 1 is 1.17 bits per heavy atom. The summed E-state index contributed by atoms with van der Waals surface area (Å²) in [5, 5.41) is 8.54. The first-order chi connectivity index (χ1) is 8.27. The molecule has 9 heteroatoms. The molecule has 3 atom stereocenters. The Kier molecular flexibility index (Phi) is 6.89. The maximum Gasteiger partial charge on any atom is 0.349 e. The summed E-state index contributed by atoms with van der Waals surface area (Å²) in [7, 11) is 1.68. The highest BCUT2D eigenvalue weighted by Gasteiger charge is 2.29. The number of carbonyl (C=O) groups is 4. The third-order valence-corrected chi connectivity index (χ3v) is 1.90. The van der Waals surface area contributed by atoms with Crippen LogP contribution in [0.4, 0.5) is 0 Å². The van der Waals surface area contributed by atoms with Crippen LogP contribution >= 0.6 is 9.47 Å². The van der Waals surface area contributed by atoms with Gasteiger partial charge in [0.15, 0.2) is 6.10 Å². The average molecular weight is 280 g/mol. The molecule has 0 spiro atoms. The second-order valence-corrected chi connectivity index (χ2v) is 3.45. The summed E-state index contributed by atoms with van der Waals surface area (Å²) < 4.78 is 13.3. The minimum atomic E-state index is -1.60. The Morgan fingerprint density at radius 3 is 2.11 bits per heavy atom. The highest BCUT2D eigenvalue weighted by molar-refractivity contribution is 7.10. The number of esters is 2. The molecule has 0 bridgehead atoms. The average Bonchev–Trinajstić information content (AvgIpc) is 2.25. The van der Waals surface area contributed by atoms with Gasteiger partial charge in [-0.25, -0.2) is 9.59 Å². The van der Waals surface area contributed by atoms with Crippen molar-refractivity contribution < 1.29 is 38.3 Å². The van der Waals surface area contributed by atoms with Gasteiger partial charge in [-0.15, -0.1) is 0 Å². The van der Waals surface area contributed by atoms with Gasteiger partial charge in [0.2, 0.25) is 6.10 Å². The Bertz CT molecular complexity index is 336. The zero-order chi connectivity index (χ0) is 14.3. The van der Waals surface area contributed by atoms with Crippen LogP contribution < -0.4 is 0 Å². The van der Waals surface area contributed by atoms with E-state index in [1.54, 1.807) is 9.47 Å². The monoisotopic (exact) mass is 280 g/mol. The molecule has 18 heavy (non-hydrogen) atoms. The number of rotatable bonds is 6. The summed E-state index contributed by atoms with van der Waals surface area (Å²) >= 11 is 0. The molecule has 0 saturated heterocycles. The van der Waals surface area contributed by atoms with Gasteiger partial charge in [-0.2, -0.15) is 0 Å². The molecule has 0 aliphatic rings. The molecule has 0 aromatic rings. The van der Waals surface area contributed by atoms with Crippen molar-refractivity contribution >= 4 is 33.3 Å². The predicted octanol–water partition coefficient (Wildman–Crippen LogP) is -0.342. The maximum absolute atomic E-state index is 11.5. The van der Waals surface area contributed by atoms with Crippen molar-refractivity contribution in [2.24, 2.45) is 0 Å². The Hall–Kier alpha value is -1.69. The van der Waals surface area contributed by atoms with Crippen LogP contribution in [0.3, 0.4) is 0 Å². The molecule has 0 saturated carbocycles. The largest absolute Gasteiger partial charge is 0.481 e. The predicted molar refractivity (Wildman–Crippen MR) is 59.2 cm³/mol. The molecule has 0 heterocycles. The molecular formula is C9H13O8P. The molecule has 102 valence electrons. The highest BCUT2D eigenvalue weighted by atomic mass is 31.0. The van der Waals surface area contributed by atoms with E-state index in [2.05, 4.69) is 14.0 Å². The van der Waals surface area contributed by atoms with Gasteiger partial charge in [0.05, 0.1) is 15.9 Å². The van der Waals surface area contributed by atoms with Crippen molar-refractivity contribution in [2.45, 2.75) is 32.5 Å². The van der Waals surface area contributed by atoms with E-state index in [-0.39, 0.29) is 0 Å². The summed E-state index contributed by atoms with van der Waals surface area (Å²) in [5.41, 5.74) is 0. The Balaban J connectivity index is 4.59. The molecule has 0 aromatic heterocycles. The number of hydrogen-bond donors (Lipinski definition) is 1. The number of carboxylic acid groups (broad SMARTS) is 1. The highest BCUT2D eigenvalue weighted by Crippen LogP contribution is 2.07. The fraction of sp³-hybridized carbons (Fsp3) is 0.556. The maximum atomic E-state index is 11.5. The number of carboxylic acids is 1. The second kappa shape index (κ2) is 7.60. The van der Waals surface area contributed by atoms with Gasteiger partial charge in [0.1, 0.15) is 0 Å². The van der Waals surface area contributed by atoms with Crippen LogP contribution in [-0.2, 0) is 33.2 Å². The van der Waals surface area contributed by atoms with Crippen LogP contribution in [0.15, 0.2) is 0 Å². The van der Waals surface area contributed by atoms with E-state index >= 15 is 0 Å². The lowest BCUT2D eigenvalue weighted by Gasteiger charge is -2.16. The quantitative estimate of drug-likeness (QED) is 0.518. The van der Waals surface area contributed by atoms with Crippen LogP contribution in [0.25, 0.3) is 0 Å². The van der Waals surface area contributed by atoms with Crippen LogP contribution in [0, 0.1) is 0 Å². The lowest BCUT2D eigenvalue weighted by atomic mass is 10.2. The second-order valence-electron chi connectivity index (χ2n) is 3.21. The van der Waals surface area contributed by atoms with Crippen LogP contribution in [0.1, 0.15) is 20.3 Å². The van der Waals surface area contributed by atoms with Gasteiger partial charge in [-0.1, -0.05) is 0 Å². The number of hydrogen-bond acceptors (Lipinski definition) is 7. The molecule has 1 N–H and O–H groups in total. The van der Waals surface area contributed by atoms with E-state index in [1.165, 1.54) is 6.92 Å². The summed E-state index contributed by atoms with van der Waals surface area (Å²) in [5.74, 6) is -4.15. The van der Waals surface area contributed by atoms with E-state index in [0.717, 1.165) is 6.92 Å². The molecule has 0 amide bonds. The molecule has 8 nitrogen and oxygen atoms in total. The van der Waals surface area contributed by atoms with Gasteiger partial charge < -0.3 is 19.1 Å². The third-order valence-electron chi connectivity index (χ3n) is 1.67. The molecule has 0 radical (unpaired) electrons. The first kappa shape index (κ1) is 16.3. The minimum absolute atomic E-state index is 0.749. The zero-order valence-corrected chi connectivity index (χ0v) is 10.9. The Labute approximate surface area is 105 Å². The first-order valence-corrected chi connectivity index (χ1v) is 5.25. The van der Waals surface area contributed by atoms with Gasteiger partial charge in [0.25, 0.3) is 0 Å². The number of carbonyl (C=O) groups excluding carboxylic acids is 3. The molecule has 0 aliphatic heterocycles. The van der Waals surface area contributed by atoms with Gasteiger partial charge in [0, 0.05) is 6.92 Å². The van der Waals surface area contributed by atoms with E-state index in [0.29, 0.717) is 0 Å². The molecule has 1 unspecified atom stereocenters. The molecule has 0 rings (SSSR count). The fourth-order valence-electron chi connectivity index (χ4n) is 0.926. The van der Waals surface area contributed by atoms with E-state index in [4.69, 9.17) is 5.11 Å². The van der Waals surface area contributed by atoms with Crippen molar-refractivity contribution in [2.75, 3.05) is 0 Å². The smallest absolute Gasteiger partial charge is 0.349 e. The lowest BCUT2D eigenvalue weighted by Crippen LogP contribution is -2.35. The van der Waals surface area contributed by atoms with Gasteiger partial charge in [-0.3, -0.25) is 9.59 Å². The standard InChI is InChI=1S/C9H13O8P/c1-4(8(13)17-18)15-9(14)6(3-7(11)12)16-5(2)10/h4,6H,3,18H2,1-2H3,(H,11,12)/t4-,6-/m0/s1. The fourth-order valence-corrected chi connectivity index (χ4v) is 1.12. The lowest BCUT2D eigenvalue weighted by molar-refractivity contribution is -0.176. The van der Waals surface area contributed by atoms with E-state index in [1.807, 2.05) is 0 Å². The van der Waals surface area contributed by atoms with Crippen LogP contribution in [-0.4, -0.2) is 41.2 Å². The number of aliphatic carboxylic acids is 1. The van der Waals surface area contributed by atoms with Crippen molar-refractivity contribution in [1.82, 2.24) is 0 Å². The number of ether oxygens (including phenoxy) is 2. The van der Waals surface area contributed by atoms with Crippen molar-refractivity contribution in [1.29, 1.82) is 0 Å².